The van der Waals surface area contributed by atoms with E-state index < -0.39 is 5.97 Å². The maximum Gasteiger partial charge on any atom is 0.352 e. The number of carboxylic acid groups (broad SMARTS) is 1. The van der Waals surface area contributed by atoms with Crippen molar-refractivity contribution in [2.45, 2.75) is 12.3 Å². The van der Waals surface area contributed by atoms with E-state index in [1.165, 1.54) is 11.8 Å². The Morgan fingerprint density at radius 2 is 2.25 bits per heavy atom. The SMILES string of the molecule is Cc1ccc(C2NC(C(=O)O)=CS2)c(O)c1. The molecule has 0 aromatic heterocycles. The summed E-state index contributed by atoms with van der Waals surface area (Å²) >= 11 is 1.34. The third-order valence-corrected chi connectivity index (χ3v) is 3.32. The molecule has 5 heteroatoms. The summed E-state index contributed by atoms with van der Waals surface area (Å²) in [6.07, 6.45) is 0. The van der Waals surface area contributed by atoms with Crippen LogP contribution in [0.25, 0.3) is 0 Å². The number of nitrogens with one attached hydrogen (secondary N) is 1. The molecule has 1 aromatic carbocycles. The minimum absolute atomic E-state index is 0.162. The summed E-state index contributed by atoms with van der Waals surface area (Å²) < 4.78 is 0. The van der Waals surface area contributed by atoms with Crippen LogP contribution in [0.1, 0.15) is 16.5 Å². The topological polar surface area (TPSA) is 69.6 Å². The van der Waals surface area contributed by atoms with Crippen molar-refractivity contribution in [3.63, 3.8) is 0 Å². The number of aromatic hydroxyl groups is 1. The fourth-order valence-electron chi connectivity index (χ4n) is 1.48. The van der Waals surface area contributed by atoms with Gasteiger partial charge in [-0.2, -0.15) is 0 Å². The minimum Gasteiger partial charge on any atom is -0.508 e. The van der Waals surface area contributed by atoms with Gasteiger partial charge in [-0.15, -0.1) is 11.8 Å². The van der Waals surface area contributed by atoms with Gasteiger partial charge >= 0.3 is 5.97 Å². The van der Waals surface area contributed by atoms with E-state index in [1.54, 1.807) is 17.5 Å². The molecule has 1 aliphatic heterocycles. The van der Waals surface area contributed by atoms with Crippen LogP contribution in [0.15, 0.2) is 29.3 Å². The van der Waals surface area contributed by atoms with Gasteiger partial charge in [-0.05, 0) is 18.6 Å². The first-order valence-corrected chi connectivity index (χ1v) is 5.67. The predicted octanol–water partition coefficient (Wildman–Crippen LogP) is 1.96. The Balaban J connectivity index is 2.20. The van der Waals surface area contributed by atoms with Gasteiger partial charge in [0.15, 0.2) is 0 Å². The molecule has 0 saturated carbocycles. The summed E-state index contributed by atoms with van der Waals surface area (Å²) in [4.78, 5) is 10.7. The lowest BCUT2D eigenvalue weighted by atomic mass is 10.1. The van der Waals surface area contributed by atoms with Crippen LogP contribution in [-0.4, -0.2) is 16.2 Å². The normalized spacial score (nSPS) is 19.1. The van der Waals surface area contributed by atoms with Crippen LogP contribution in [0, 0.1) is 6.92 Å². The number of phenolic OH excluding ortho intramolecular Hbond substituents is 1. The van der Waals surface area contributed by atoms with Gasteiger partial charge < -0.3 is 15.5 Å². The Labute approximate surface area is 97.0 Å². The van der Waals surface area contributed by atoms with Crippen molar-refractivity contribution in [3.05, 3.63) is 40.4 Å². The van der Waals surface area contributed by atoms with E-state index in [0.717, 1.165) is 5.56 Å². The van der Waals surface area contributed by atoms with Crippen LogP contribution in [-0.2, 0) is 4.79 Å². The largest absolute Gasteiger partial charge is 0.508 e. The van der Waals surface area contributed by atoms with Gasteiger partial charge in [0.2, 0.25) is 0 Å². The quantitative estimate of drug-likeness (QED) is 0.733. The molecule has 4 nitrogen and oxygen atoms in total. The maximum atomic E-state index is 10.7. The highest BCUT2D eigenvalue weighted by atomic mass is 32.2. The number of carbonyl (C=O) groups is 1. The molecule has 0 aliphatic carbocycles. The number of aryl methyl sites for hydroxylation is 1. The first kappa shape index (κ1) is 10.9. The lowest BCUT2D eigenvalue weighted by Gasteiger charge is -2.13. The molecule has 0 spiro atoms. The third kappa shape index (κ3) is 1.99. The van der Waals surface area contributed by atoms with Crippen LogP contribution < -0.4 is 5.32 Å². The molecule has 84 valence electrons. The summed E-state index contributed by atoms with van der Waals surface area (Å²) in [5.41, 5.74) is 1.83. The van der Waals surface area contributed by atoms with Crippen LogP contribution >= 0.6 is 11.8 Å². The fourth-order valence-corrected chi connectivity index (χ4v) is 2.47. The number of carboxylic acids is 1. The Bertz CT molecular complexity index is 470. The molecular weight excluding hydrogens is 226 g/mol. The van der Waals surface area contributed by atoms with E-state index in [1.807, 2.05) is 13.0 Å². The standard InChI is InChI=1S/C11H11NO3S/c1-6-2-3-7(9(13)4-6)10-12-8(5-16-10)11(14)15/h2-5,10,12-13H,1H3,(H,14,15). The maximum absolute atomic E-state index is 10.7. The van der Waals surface area contributed by atoms with Gasteiger partial charge in [-0.25, -0.2) is 4.79 Å². The van der Waals surface area contributed by atoms with Crippen molar-refractivity contribution < 1.29 is 15.0 Å². The predicted molar refractivity (Wildman–Crippen MR) is 62.0 cm³/mol. The van der Waals surface area contributed by atoms with E-state index in [2.05, 4.69) is 5.32 Å². The molecule has 1 aliphatic rings. The van der Waals surface area contributed by atoms with Gasteiger partial charge in [-0.1, -0.05) is 12.1 Å². The summed E-state index contributed by atoms with van der Waals surface area (Å²) in [6.45, 7) is 1.89. The molecule has 0 amide bonds. The van der Waals surface area contributed by atoms with Crippen LogP contribution in [0.3, 0.4) is 0 Å². The molecular formula is C11H11NO3S. The zero-order valence-corrected chi connectivity index (χ0v) is 9.41. The summed E-state index contributed by atoms with van der Waals surface area (Å²) in [6, 6.07) is 5.35. The third-order valence-electron chi connectivity index (χ3n) is 2.31. The van der Waals surface area contributed by atoms with Gasteiger partial charge in [0, 0.05) is 11.0 Å². The van der Waals surface area contributed by atoms with Crippen molar-refractivity contribution in [1.29, 1.82) is 0 Å². The highest BCUT2D eigenvalue weighted by molar-refractivity contribution is 8.02. The van der Waals surface area contributed by atoms with E-state index in [9.17, 15) is 9.90 Å². The summed E-state index contributed by atoms with van der Waals surface area (Å²) in [5, 5.41) is 22.7. The number of aliphatic carboxylic acids is 1. The molecule has 0 fully saturated rings. The summed E-state index contributed by atoms with van der Waals surface area (Å²) in [5.74, 6) is -0.799. The molecule has 1 atom stereocenters. The number of phenols is 1. The Kier molecular flexibility index (Phi) is 2.78. The molecule has 1 aromatic rings. The van der Waals surface area contributed by atoms with Gasteiger partial charge in [0.25, 0.3) is 0 Å². The average molecular weight is 237 g/mol. The average Bonchev–Trinajstić information content (AvgIpc) is 2.66. The number of thioether (sulfide) groups is 1. The van der Waals surface area contributed by atoms with Crippen molar-refractivity contribution in [1.82, 2.24) is 5.32 Å². The fraction of sp³-hybridized carbons (Fsp3) is 0.182. The van der Waals surface area contributed by atoms with Gasteiger partial charge in [0.1, 0.15) is 16.8 Å². The van der Waals surface area contributed by atoms with E-state index in [-0.39, 0.29) is 16.8 Å². The first-order chi connectivity index (χ1) is 7.58. The molecule has 2 rings (SSSR count). The first-order valence-electron chi connectivity index (χ1n) is 4.73. The second-order valence-electron chi connectivity index (χ2n) is 3.56. The molecule has 1 unspecified atom stereocenters. The Morgan fingerprint density at radius 3 is 2.81 bits per heavy atom. The van der Waals surface area contributed by atoms with Crippen molar-refractivity contribution in [3.8, 4) is 5.75 Å². The Morgan fingerprint density at radius 1 is 1.50 bits per heavy atom. The highest BCUT2D eigenvalue weighted by Crippen LogP contribution is 2.38. The van der Waals surface area contributed by atoms with E-state index >= 15 is 0 Å². The number of rotatable bonds is 2. The number of hydrogen-bond donors (Lipinski definition) is 3. The monoisotopic (exact) mass is 237 g/mol. The number of benzene rings is 1. The van der Waals surface area contributed by atoms with E-state index in [0.29, 0.717) is 5.56 Å². The molecule has 1 heterocycles. The van der Waals surface area contributed by atoms with Crippen LogP contribution in [0.5, 0.6) is 5.75 Å². The van der Waals surface area contributed by atoms with Gasteiger partial charge in [0.05, 0.1) is 0 Å². The second kappa shape index (κ2) is 4.09. The number of hydrogen-bond acceptors (Lipinski definition) is 4. The zero-order valence-electron chi connectivity index (χ0n) is 8.60. The molecule has 0 bridgehead atoms. The smallest absolute Gasteiger partial charge is 0.352 e. The molecule has 16 heavy (non-hydrogen) atoms. The minimum atomic E-state index is -0.985. The lowest BCUT2D eigenvalue weighted by Crippen LogP contribution is -2.18. The van der Waals surface area contributed by atoms with Crippen molar-refractivity contribution in [2.75, 3.05) is 0 Å². The highest BCUT2D eigenvalue weighted by Gasteiger charge is 2.24. The van der Waals surface area contributed by atoms with Crippen molar-refractivity contribution >= 4 is 17.7 Å². The zero-order chi connectivity index (χ0) is 11.7. The molecule has 0 radical (unpaired) electrons. The lowest BCUT2D eigenvalue weighted by molar-refractivity contribution is -0.133. The molecule has 3 N–H and O–H groups in total. The summed E-state index contributed by atoms with van der Waals surface area (Å²) in [7, 11) is 0. The van der Waals surface area contributed by atoms with Crippen LogP contribution in [0.2, 0.25) is 0 Å². The van der Waals surface area contributed by atoms with Gasteiger partial charge in [-0.3, -0.25) is 0 Å². The second-order valence-corrected chi connectivity index (χ2v) is 4.54. The van der Waals surface area contributed by atoms with Crippen molar-refractivity contribution in [2.24, 2.45) is 0 Å². The molecule has 0 saturated heterocycles. The van der Waals surface area contributed by atoms with Crippen LogP contribution in [0.4, 0.5) is 0 Å². The van der Waals surface area contributed by atoms with E-state index in [4.69, 9.17) is 5.11 Å². The Hall–Kier alpha value is -1.62.